The normalized spacial score (nSPS) is 16.3. The number of nitrogens with zero attached hydrogens (tertiary/aromatic N) is 3. The largest absolute Gasteiger partial charge is 0.481 e. The Labute approximate surface area is 212 Å². The number of carboxylic acid groups (broad SMARTS) is 1. The molecule has 4 rings (SSSR count). The highest BCUT2D eigenvalue weighted by Gasteiger charge is 2.41. The van der Waals surface area contributed by atoms with Crippen molar-refractivity contribution < 1.29 is 42.1 Å². The summed E-state index contributed by atoms with van der Waals surface area (Å²) in [5, 5.41) is 11.8. The Balaban J connectivity index is 1.75. The number of hydrogen-bond acceptors (Lipinski definition) is 9. The summed E-state index contributed by atoms with van der Waals surface area (Å²) in [4.78, 5) is 37.0. The number of alkyl halides is 3. The van der Waals surface area contributed by atoms with Gasteiger partial charge in [-0.15, -0.1) is 0 Å². The molecule has 3 aromatic rings. The van der Waals surface area contributed by atoms with Crippen LogP contribution in [0.3, 0.4) is 0 Å². The molecule has 1 aliphatic rings. The molecule has 0 radical (unpaired) electrons. The first kappa shape index (κ1) is 26.1. The van der Waals surface area contributed by atoms with Crippen molar-refractivity contribution in [3.8, 4) is 28.8 Å². The van der Waals surface area contributed by atoms with Gasteiger partial charge in [-0.1, -0.05) is 11.3 Å². The number of amides is 1. The zero-order chi connectivity index (χ0) is 27.0. The van der Waals surface area contributed by atoms with Gasteiger partial charge >= 0.3 is 12.1 Å². The van der Waals surface area contributed by atoms with Crippen LogP contribution in [0.2, 0.25) is 0 Å². The molecule has 14 heteroatoms. The summed E-state index contributed by atoms with van der Waals surface area (Å²) < 4.78 is 56.4. The van der Waals surface area contributed by atoms with Crippen molar-refractivity contribution in [1.29, 1.82) is 0 Å². The number of halogens is 3. The van der Waals surface area contributed by atoms with Crippen LogP contribution in [0.5, 0.6) is 17.5 Å². The molecule has 10 nitrogen and oxygen atoms in total. The first-order valence-electron chi connectivity index (χ1n) is 10.8. The molecule has 0 aliphatic carbocycles. The van der Waals surface area contributed by atoms with Crippen molar-refractivity contribution in [3.05, 3.63) is 40.5 Å². The number of carbonyl (C=O) groups excluding carboxylic acids is 1. The Morgan fingerprint density at radius 3 is 2.46 bits per heavy atom. The maximum atomic E-state index is 13.4. The third-order valence-corrected chi connectivity index (χ3v) is 6.88. The van der Waals surface area contributed by atoms with Gasteiger partial charge in [0.1, 0.15) is 17.7 Å². The van der Waals surface area contributed by atoms with Crippen LogP contribution in [0.25, 0.3) is 11.3 Å². The average Bonchev–Trinajstić information content (AvgIpc) is 3.27. The number of hydrogen-bond donors (Lipinski definition) is 2. The van der Waals surface area contributed by atoms with Gasteiger partial charge in [-0.25, -0.2) is 15.0 Å². The van der Waals surface area contributed by atoms with Crippen molar-refractivity contribution >= 4 is 28.3 Å². The molecule has 0 spiro atoms. The SMILES string of the molecule is COc1ncnc(OC)c1C(=O)Nc1nc2c(s1)C(C)(CCCC(=O)O)Oc1cc(C(F)(F)F)ccc1-2. The van der Waals surface area contributed by atoms with Crippen LogP contribution in [0.4, 0.5) is 18.3 Å². The lowest BCUT2D eigenvalue weighted by Gasteiger charge is -2.35. The molecule has 0 bridgehead atoms. The molecular weight excluding hydrogens is 517 g/mol. The number of rotatable bonds is 8. The summed E-state index contributed by atoms with van der Waals surface area (Å²) in [6, 6.07) is 3.08. The van der Waals surface area contributed by atoms with Crippen LogP contribution in [0.1, 0.15) is 47.0 Å². The highest BCUT2D eigenvalue weighted by molar-refractivity contribution is 7.16. The molecule has 1 unspecified atom stereocenters. The highest BCUT2D eigenvalue weighted by atomic mass is 32.1. The molecule has 1 atom stereocenters. The molecule has 37 heavy (non-hydrogen) atoms. The van der Waals surface area contributed by atoms with Gasteiger partial charge in [0.25, 0.3) is 5.91 Å². The Morgan fingerprint density at radius 2 is 1.86 bits per heavy atom. The Morgan fingerprint density at radius 1 is 1.19 bits per heavy atom. The fraction of sp³-hybridized carbons (Fsp3) is 0.348. The second-order valence-corrected chi connectivity index (χ2v) is 9.21. The molecular formula is C23H21F3N4O6S. The van der Waals surface area contributed by atoms with Gasteiger partial charge in [0.2, 0.25) is 11.8 Å². The van der Waals surface area contributed by atoms with E-state index in [4.69, 9.17) is 19.3 Å². The Hall–Kier alpha value is -3.94. The molecule has 0 saturated carbocycles. The molecule has 2 N–H and O–H groups in total. The van der Waals surface area contributed by atoms with Gasteiger partial charge in [-0.05, 0) is 38.0 Å². The lowest BCUT2D eigenvalue weighted by atomic mass is 9.90. The minimum Gasteiger partial charge on any atom is -0.481 e. The number of ether oxygens (including phenoxy) is 3. The van der Waals surface area contributed by atoms with Crippen LogP contribution in [-0.2, 0) is 16.6 Å². The van der Waals surface area contributed by atoms with Crippen molar-refractivity contribution in [2.45, 2.75) is 38.0 Å². The molecule has 0 fully saturated rings. The Kier molecular flexibility index (Phi) is 6.95. The summed E-state index contributed by atoms with van der Waals surface area (Å²) in [5.74, 6) is -1.79. The summed E-state index contributed by atoms with van der Waals surface area (Å²) in [7, 11) is 2.65. The zero-order valence-electron chi connectivity index (χ0n) is 19.8. The first-order valence-corrected chi connectivity index (χ1v) is 11.7. The van der Waals surface area contributed by atoms with Crippen LogP contribution >= 0.6 is 11.3 Å². The minimum atomic E-state index is -4.59. The number of benzene rings is 1. The second kappa shape index (κ2) is 9.84. The van der Waals surface area contributed by atoms with Gasteiger partial charge in [0, 0.05) is 12.0 Å². The molecule has 0 saturated heterocycles. The molecule has 1 aromatic carbocycles. The maximum Gasteiger partial charge on any atom is 0.416 e. The molecule has 3 heterocycles. The lowest BCUT2D eigenvalue weighted by molar-refractivity contribution is -0.138. The Bertz CT molecular complexity index is 1340. The number of carbonyl (C=O) groups is 2. The number of thiazole rings is 1. The van der Waals surface area contributed by atoms with Gasteiger partial charge in [0.15, 0.2) is 10.7 Å². The third-order valence-electron chi connectivity index (χ3n) is 5.66. The van der Waals surface area contributed by atoms with Gasteiger partial charge in [-0.2, -0.15) is 13.2 Å². The van der Waals surface area contributed by atoms with E-state index in [0.29, 0.717) is 16.1 Å². The van der Waals surface area contributed by atoms with Crippen LogP contribution in [-0.4, -0.2) is 46.2 Å². The predicted molar refractivity (Wildman–Crippen MR) is 125 cm³/mol. The van der Waals surface area contributed by atoms with E-state index in [1.807, 2.05) is 0 Å². The average molecular weight is 539 g/mol. The summed E-state index contributed by atoms with van der Waals surface area (Å²) >= 11 is 1.06. The molecule has 2 aromatic heterocycles. The van der Waals surface area contributed by atoms with E-state index in [9.17, 15) is 22.8 Å². The fourth-order valence-corrected chi connectivity index (χ4v) is 5.03. The number of fused-ring (bicyclic) bond motifs is 3. The maximum absolute atomic E-state index is 13.4. The van der Waals surface area contributed by atoms with Crippen LogP contribution < -0.4 is 19.5 Å². The summed E-state index contributed by atoms with van der Waals surface area (Å²) in [5.41, 5.74) is -1.51. The number of methoxy groups -OCH3 is 2. The van der Waals surface area contributed by atoms with Crippen molar-refractivity contribution in [2.75, 3.05) is 19.5 Å². The van der Waals surface area contributed by atoms with E-state index in [0.717, 1.165) is 23.5 Å². The van der Waals surface area contributed by atoms with Crippen LogP contribution in [0.15, 0.2) is 24.5 Å². The first-order chi connectivity index (χ1) is 17.5. The van der Waals surface area contributed by atoms with Crippen molar-refractivity contribution in [1.82, 2.24) is 15.0 Å². The van der Waals surface area contributed by atoms with Gasteiger partial charge in [0.05, 0.1) is 30.4 Å². The minimum absolute atomic E-state index is 0.0301. The van der Waals surface area contributed by atoms with Gasteiger partial charge in [-0.3, -0.25) is 14.9 Å². The van der Waals surface area contributed by atoms with E-state index in [-0.39, 0.29) is 47.5 Å². The third kappa shape index (κ3) is 5.14. The summed E-state index contributed by atoms with van der Waals surface area (Å²) in [6.45, 7) is 1.65. The van der Waals surface area contributed by atoms with E-state index >= 15 is 0 Å². The van der Waals surface area contributed by atoms with E-state index in [1.165, 1.54) is 26.6 Å². The molecule has 1 amide bonds. The number of aromatic nitrogens is 3. The van der Waals surface area contributed by atoms with Crippen molar-refractivity contribution in [3.63, 3.8) is 0 Å². The highest BCUT2D eigenvalue weighted by Crippen LogP contribution is 2.51. The van der Waals surface area contributed by atoms with E-state index < -0.39 is 29.2 Å². The zero-order valence-corrected chi connectivity index (χ0v) is 20.6. The lowest BCUT2D eigenvalue weighted by Crippen LogP contribution is -2.32. The topological polar surface area (TPSA) is 133 Å². The molecule has 1 aliphatic heterocycles. The smallest absolute Gasteiger partial charge is 0.416 e. The monoisotopic (exact) mass is 538 g/mol. The van der Waals surface area contributed by atoms with E-state index in [1.54, 1.807) is 6.92 Å². The number of anilines is 1. The summed E-state index contributed by atoms with van der Waals surface area (Å²) in [6.07, 6.45) is -3.18. The number of nitrogens with one attached hydrogen (secondary N) is 1. The number of carboxylic acids is 1. The van der Waals surface area contributed by atoms with Crippen molar-refractivity contribution in [2.24, 2.45) is 0 Å². The van der Waals surface area contributed by atoms with E-state index in [2.05, 4.69) is 20.3 Å². The fourth-order valence-electron chi connectivity index (χ4n) is 3.94. The van der Waals surface area contributed by atoms with Crippen LogP contribution in [0, 0.1) is 0 Å². The predicted octanol–water partition coefficient (Wildman–Crippen LogP) is 4.75. The van der Waals surface area contributed by atoms with Gasteiger partial charge < -0.3 is 19.3 Å². The second-order valence-electron chi connectivity index (χ2n) is 8.21. The quantitative estimate of drug-likeness (QED) is 0.417. The number of aliphatic carboxylic acids is 1. The molecule has 196 valence electrons. The standard InChI is InChI=1S/C23H21F3N4O6S/c1-22(8-4-5-14(31)32)17-16(12-7-6-11(23(24,25)26)9-13(12)36-22)29-21(37-17)30-18(33)15-19(34-2)27-10-28-20(15)35-3/h6-7,9-10H,4-5,8H2,1-3H3,(H,31,32)(H,29,30,33).